The van der Waals surface area contributed by atoms with Crippen molar-refractivity contribution in [3.63, 3.8) is 0 Å². The summed E-state index contributed by atoms with van der Waals surface area (Å²) in [5, 5.41) is 12.9. The van der Waals surface area contributed by atoms with E-state index < -0.39 is 16.0 Å². The van der Waals surface area contributed by atoms with Crippen molar-refractivity contribution in [3.8, 4) is 5.69 Å². The SMILES string of the molecule is O=C(O)c1cnn(-c2ccc(NS(=O)(=O)c3ccccc3)cc2)c1. The first-order chi connectivity index (χ1) is 11.5. The van der Waals surface area contributed by atoms with E-state index in [9.17, 15) is 13.2 Å². The fourth-order valence-electron chi connectivity index (χ4n) is 2.07. The minimum Gasteiger partial charge on any atom is -0.478 e. The van der Waals surface area contributed by atoms with E-state index in [-0.39, 0.29) is 10.5 Å². The molecule has 2 N–H and O–H groups in total. The lowest BCUT2D eigenvalue weighted by molar-refractivity contribution is 0.0697. The monoisotopic (exact) mass is 343 g/mol. The number of carboxylic acid groups (broad SMARTS) is 1. The summed E-state index contributed by atoms with van der Waals surface area (Å²) in [6.07, 6.45) is 2.62. The Labute approximate surface area is 138 Å². The van der Waals surface area contributed by atoms with Gasteiger partial charge in [0.2, 0.25) is 0 Å². The zero-order valence-electron chi connectivity index (χ0n) is 12.3. The van der Waals surface area contributed by atoms with Crippen LogP contribution < -0.4 is 4.72 Å². The van der Waals surface area contributed by atoms with Gasteiger partial charge in [0.25, 0.3) is 10.0 Å². The fraction of sp³-hybridized carbons (Fsp3) is 0. The molecule has 0 aliphatic rings. The van der Waals surface area contributed by atoms with Crippen molar-refractivity contribution in [1.82, 2.24) is 9.78 Å². The molecule has 0 bridgehead atoms. The van der Waals surface area contributed by atoms with Crippen LogP contribution in [0, 0.1) is 0 Å². The lowest BCUT2D eigenvalue weighted by atomic mass is 10.3. The summed E-state index contributed by atoms with van der Waals surface area (Å²) in [5.41, 5.74) is 1.09. The lowest BCUT2D eigenvalue weighted by Gasteiger charge is -2.09. The van der Waals surface area contributed by atoms with E-state index in [4.69, 9.17) is 5.11 Å². The molecule has 0 radical (unpaired) electrons. The number of nitrogens with one attached hydrogen (secondary N) is 1. The number of rotatable bonds is 5. The van der Waals surface area contributed by atoms with Gasteiger partial charge in [-0.2, -0.15) is 5.10 Å². The molecular formula is C16H13N3O4S. The minimum atomic E-state index is -3.65. The third-order valence-corrected chi connectivity index (χ3v) is 4.66. The number of hydrogen-bond acceptors (Lipinski definition) is 4. The number of carbonyl (C=O) groups is 1. The first-order valence-corrected chi connectivity index (χ1v) is 8.40. The average molecular weight is 343 g/mol. The Bertz CT molecular complexity index is 964. The third-order valence-electron chi connectivity index (χ3n) is 3.27. The van der Waals surface area contributed by atoms with Gasteiger partial charge >= 0.3 is 5.97 Å². The van der Waals surface area contributed by atoms with Gasteiger partial charge in [-0.05, 0) is 36.4 Å². The highest BCUT2D eigenvalue weighted by atomic mass is 32.2. The van der Waals surface area contributed by atoms with Crippen LogP contribution >= 0.6 is 0 Å². The van der Waals surface area contributed by atoms with Crippen molar-refractivity contribution in [2.24, 2.45) is 0 Å². The topological polar surface area (TPSA) is 101 Å². The van der Waals surface area contributed by atoms with Gasteiger partial charge in [-0.1, -0.05) is 18.2 Å². The van der Waals surface area contributed by atoms with Gasteiger partial charge in [0.1, 0.15) is 0 Å². The van der Waals surface area contributed by atoms with Crippen LogP contribution in [0.4, 0.5) is 5.69 Å². The van der Waals surface area contributed by atoms with Crippen LogP contribution in [-0.4, -0.2) is 29.3 Å². The normalized spacial score (nSPS) is 11.2. The summed E-state index contributed by atoms with van der Waals surface area (Å²) in [7, 11) is -3.65. The Morgan fingerprint density at radius 3 is 2.29 bits per heavy atom. The number of hydrogen-bond donors (Lipinski definition) is 2. The smallest absolute Gasteiger partial charge is 0.338 e. The summed E-state index contributed by atoms with van der Waals surface area (Å²) in [6, 6.07) is 14.5. The second-order valence-electron chi connectivity index (χ2n) is 4.94. The van der Waals surface area contributed by atoms with Gasteiger partial charge in [-0.3, -0.25) is 4.72 Å². The summed E-state index contributed by atoms with van der Waals surface area (Å²) in [4.78, 5) is 11.0. The molecule has 0 saturated carbocycles. The van der Waals surface area contributed by atoms with Gasteiger partial charge < -0.3 is 5.11 Å². The Kier molecular flexibility index (Phi) is 4.05. The summed E-state index contributed by atoms with van der Waals surface area (Å²) < 4.78 is 28.4. The molecule has 0 atom stereocenters. The molecule has 1 heterocycles. The van der Waals surface area contributed by atoms with Crippen LogP contribution in [0.3, 0.4) is 0 Å². The van der Waals surface area contributed by atoms with Crippen molar-refractivity contribution in [3.05, 3.63) is 72.6 Å². The van der Waals surface area contributed by atoms with Crippen molar-refractivity contribution < 1.29 is 18.3 Å². The number of aromatic nitrogens is 2. The van der Waals surface area contributed by atoms with Crippen LogP contribution in [0.2, 0.25) is 0 Å². The molecule has 7 nitrogen and oxygen atoms in total. The molecule has 2 aromatic carbocycles. The van der Waals surface area contributed by atoms with Crippen LogP contribution in [0.25, 0.3) is 5.69 Å². The highest BCUT2D eigenvalue weighted by Gasteiger charge is 2.13. The number of sulfonamides is 1. The molecule has 0 aliphatic heterocycles. The molecule has 1 aromatic heterocycles. The van der Waals surface area contributed by atoms with E-state index in [1.54, 1.807) is 42.5 Å². The highest BCUT2D eigenvalue weighted by molar-refractivity contribution is 7.92. The molecule has 122 valence electrons. The number of aromatic carboxylic acids is 1. The maximum Gasteiger partial charge on any atom is 0.338 e. The standard InChI is InChI=1S/C16H13N3O4S/c20-16(21)12-10-17-19(11-12)14-8-6-13(7-9-14)18-24(22,23)15-4-2-1-3-5-15/h1-11,18H,(H,20,21). The van der Waals surface area contributed by atoms with E-state index in [1.165, 1.54) is 29.2 Å². The maximum atomic E-state index is 12.2. The molecule has 0 fully saturated rings. The second kappa shape index (κ2) is 6.17. The van der Waals surface area contributed by atoms with Crippen LogP contribution in [0.5, 0.6) is 0 Å². The van der Waals surface area contributed by atoms with Crippen molar-refractivity contribution in [2.75, 3.05) is 4.72 Å². The predicted octanol–water partition coefficient (Wildman–Crippen LogP) is 2.37. The number of anilines is 1. The molecule has 3 aromatic rings. The van der Waals surface area contributed by atoms with Crippen molar-refractivity contribution >= 4 is 21.7 Å². The Balaban J connectivity index is 1.81. The predicted molar refractivity (Wildman–Crippen MR) is 87.8 cm³/mol. The molecule has 0 unspecified atom stereocenters. The Morgan fingerprint density at radius 2 is 1.71 bits per heavy atom. The third kappa shape index (κ3) is 3.28. The van der Waals surface area contributed by atoms with Crippen LogP contribution in [0.15, 0.2) is 71.9 Å². The van der Waals surface area contributed by atoms with E-state index in [1.807, 2.05) is 0 Å². The van der Waals surface area contributed by atoms with Crippen molar-refractivity contribution in [1.29, 1.82) is 0 Å². The zero-order valence-corrected chi connectivity index (χ0v) is 13.1. The summed E-state index contributed by atoms with van der Waals surface area (Å²) in [6.45, 7) is 0. The molecule has 0 aliphatic carbocycles. The molecule has 24 heavy (non-hydrogen) atoms. The van der Waals surface area contributed by atoms with Crippen molar-refractivity contribution in [2.45, 2.75) is 4.90 Å². The van der Waals surface area contributed by atoms with E-state index in [2.05, 4.69) is 9.82 Å². The van der Waals surface area contributed by atoms with E-state index in [0.29, 0.717) is 11.4 Å². The van der Waals surface area contributed by atoms with Gasteiger partial charge in [0, 0.05) is 11.9 Å². The first kappa shape index (κ1) is 15.8. The maximum absolute atomic E-state index is 12.2. The van der Waals surface area contributed by atoms with Gasteiger partial charge in [-0.15, -0.1) is 0 Å². The largest absolute Gasteiger partial charge is 0.478 e. The van der Waals surface area contributed by atoms with Crippen LogP contribution in [-0.2, 0) is 10.0 Å². The number of carboxylic acids is 1. The number of nitrogens with zero attached hydrogens (tertiary/aromatic N) is 2. The Hall–Kier alpha value is -3.13. The van der Waals surface area contributed by atoms with E-state index in [0.717, 1.165) is 0 Å². The minimum absolute atomic E-state index is 0.0730. The van der Waals surface area contributed by atoms with Crippen LogP contribution in [0.1, 0.15) is 10.4 Å². The molecular weight excluding hydrogens is 330 g/mol. The summed E-state index contributed by atoms with van der Waals surface area (Å²) in [5.74, 6) is -1.06. The average Bonchev–Trinajstić information content (AvgIpc) is 3.06. The quantitative estimate of drug-likeness (QED) is 0.740. The van der Waals surface area contributed by atoms with Gasteiger partial charge in [0.15, 0.2) is 0 Å². The Morgan fingerprint density at radius 1 is 1.04 bits per heavy atom. The second-order valence-corrected chi connectivity index (χ2v) is 6.63. The molecule has 8 heteroatoms. The van der Waals surface area contributed by atoms with Gasteiger partial charge in [0.05, 0.1) is 22.3 Å². The lowest BCUT2D eigenvalue weighted by Crippen LogP contribution is -2.12. The number of benzene rings is 2. The highest BCUT2D eigenvalue weighted by Crippen LogP contribution is 2.18. The summed E-state index contributed by atoms with van der Waals surface area (Å²) >= 11 is 0. The molecule has 0 spiro atoms. The van der Waals surface area contributed by atoms with E-state index >= 15 is 0 Å². The fourth-order valence-corrected chi connectivity index (χ4v) is 3.15. The first-order valence-electron chi connectivity index (χ1n) is 6.92. The van der Waals surface area contributed by atoms with Gasteiger partial charge in [-0.25, -0.2) is 17.9 Å². The molecule has 0 amide bonds. The molecule has 0 saturated heterocycles. The molecule has 3 rings (SSSR count). The zero-order chi connectivity index (χ0) is 17.2.